The number of fused-ring (bicyclic) bond motifs is 1. The number of aromatic nitrogens is 2. The lowest BCUT2D eigenvalue weighted by atomic mass is 10.1. The Morgan fingerprint density at radius 3 is 3.11 bits per heavy atom. The lowest BCUT2D eigenvalue weighted by molar-refractivity contribution is 0.624. The highest BCUT2D eigenvalue weighted by atomic mass is 19.1. The molecule has 1 aromatic carbocycles. The smallest absolute Gasteiger partial charge is 0.340 e. The van der Waals surface area contributed by atoms with Gasteiger partial charge in [0.25, 0.3) is 0 Å². The maximum atomic E-state index is 13.1. The number of H-pyrrole nitrogens is 1. The van der Waals surface area contributed by atoms with Gasteiger partial charge in [-0.05, 0) is 18.2 Å². The van der Waals surface area contributed by atoms with Crippen LogP contribution in [0.25, 0.3) is 0 Å². The first-order valence-corrected chi connectivity index (χ1v) is 6.08. The quantitative estimate of drug-likeness (QED) is 0.761. The molecule has 0 fully saturated rings. The van der Waals surface area contributed by atoms with Crippen LogP contribution >= 0.6 is 0 Å². The molecule has 0 radical (unpaired) electrons. The van der Waals surface area contributed by atoms with E-state index in [-0.39, 0.29) is 11.5 Å². The Bertz CT molecular complexity index is 668. The Hall–Kier alpha value is -2.21. The Balaban J connectivity index is 2.00. The van der Waals surface area contributed by atoms with Gasteiger partial charge in [-0.2, -0.15) is 4.98 Å². The second-order valence-corrected chi connectivity index (χ2v) is 4.41. The molecular weight excluding hydrogens is 247 g/mol. The summed E-state index contributed by atoms with van der Waals surface area (Å²) in [5.74, 6) is 0.151. The maximum Gasteiger partial charge on any atom is 0.347 e. The molecule has 0 spiro atoms. The summed E-state index contributed by atoms with van der Waals surface area (Å²) in [5.41, 5.74) is 2.00. The number of anilines is 2. The highest BCUT2D eigenvalue weighted by Crippen LogP contribution is 2.21. The normalized spacial score (nSPS) is 13.9. The molecule has 98 valence electrons. The van der Waals surface area contributed by atoms with Crippen LogP contribution in [0.3, 0.4) is 0 Å². The predicted molar refractivity (Wildman–Crippen MR) is 70.0 cm³/mol. The van der Waals surface area contributed by atoms with Crippen molar-refractivity contribution < 1.29 is 4.39 Å². The van der Waals surface area contributed by atoms with Gasteiger partial charge in [-0.25, -0.2) is 9.18 Å². The third kappa shape index (κ3) is 2.48. The number of hydrogen-bond donors (Lipinski definition) is 3. The van der Waals surface area contributed by atoms with Crippen molar-refractivity contribution in [3.05, 3.63) is 51.8 Å². The monoisotopic (exact) mass is 260 g/mol. The van der Waals surface area contributed by atoms with E-state index < -0.39 is 0 Å². The van der Waals surface area contributed by atoms with Gasteiger partial charge in [-0.15, -0.1) is 0 Å². The van der Waals surface area contributed by atoms with Crippen molar-refractivity contribution in [3.63, 3.8) is 0 Å². The average Bonchev–Trinajstić information content (AvgIpc) is 2.38. The van der Waals surface area contributed by atoms with Crippen molar-refractivity contribution in [2.75, 3.05) is 11.9 Å². The fraction of sp³-hybridized carbons (Fsp3) is 0.231. The first kappa shape index (κ1) is 11.9. The summed E-state index contributed by atoms with van der Waals surface area (Å²) in [6, 6.07) is 6.07. The van der Waals surface area contributed by atoms with Crippen LogP contribution in [0.15, 0.2) is 29.1 Å². The zero-order chi connectivity index (χ0) is 13.2. The van der Waals surface area contributed by atoms with E-state index in [1.165, 1.54) is 12.1 Å². The van der Waals surface area contributed by atoms with Gasteiger partial charge in [-0.1, -0.05) is 6.07 Å². The first-order chi connectivity index (χ1) is 9.22. The van der Waals surface area contributed by atoms with E-state index in [2.05, 4.69) is 20.6 Å². The summed E-state index contributed by atoms with van der Waals surface area (Å²) in [5, 5.41) is 6.22. The molecule has 0 aliphatic carbocycles. The molecule has 6 heteroatoms. The van der Waals surface area contributed by atoms with Crippen molar-refractivity contribution in [3.8, 4) is 0 Å². The molecule has 0 unspecified atom stereocenters. The van der Waals surface area contributed by atoms with Crippen molar-refractivity contribution in [1.82, 2.24) is 15.3 Å². The van der Waals surface area contributed by atoms with Gasteiger partial charge in [0.05, 0.1) is 0 Å². The summed E-state index contributed by atoms with van der Waals surface area (Å²) in [4.78, 5) is 18.2. The van der Waals surface area contributed by atoms with Crippen LogP contribution < -0.4 is 16.3 Å². The zero-order valence-electron chi connectivity index (χ0n) is 10.2. The molecule has 3 N–H and O–H groups in total. The summed E-state index contributed by atoms with van der Waals surface area (Å²) >= 11 is 0. The molecule has 1 aliphatic rings. The molecule has 0 saturated carbocycles. The molecule has 5 nitrogen and oxygen atoms in total. The minimum atomic E-state index is -0.389. The molecular formula is C13H13FN4O. The molecule has 19 heavy (non-hydrogen) atoms. The molecule has 0 atom stereocenters. The molecule has 0 amide bonds. The van der Waals surface area contributed by atoms with Crippen LogP contribution in [0.1, 0.15) is 11.3 Å². The Kier molecular flexibility index (Phi) is 3.00. The van der Waals surface area contributed by atoms with E-state index in [0.29, 0.717) is 18.1 Å². The third-order valence-corrected chi connectivity index (χ3v) is 3.06. The van der Waals surface area contributed by atoms with Gasteiger partial charge >= 0.3 is 5.69 Å². The lowest BCUT2D eigenvalue weighted by Gasteiger charge is -2.19. The van der Waals surface area contributed by atoms with E-state index in [9.17, 15) is 9.18 Å². The summed E-state index contributed by atoms with van der Waals surface area (Å²) in [6.45, 7) is 1.46. The number of halogens is 1. The van der Waals surface area contributed by atoms with Gasteiger partial charge in [0.1, 0.15) is 11.6 Å². The van der Waals surface area contributed by atoms with Crippen LogP contribution in [-0.2, 0) is 13.0 Å². The standard InChI is InChI=1S/C13H13FN4O/c14-8-2-1-3-9(6-8)16-12-10-7-15-5-4-11(10)17-13(19)18-12/h1-3,6,15H,4-5,7H2,(H2,16,17,18,19). The molecule has 2 aromatic rings. The Labute approximate surface area is 108 Å². The first-order valence-electron chi connectivity index (χ1n) is 6.08. The fourth-order valence-electron chi connectivity index (χ4n) is 2.18. The topological polar surface area (TPSA) is 69.8 Å². The number of nitrogens with zero attached hydrogens (tertiary/aromatic N) is 1. The van der Waals surface area contributed by atoms with Gasteiger partial charge in [0, 0.05) is 36.5 Å². The average molecular weight is 260 g/mol. The number of rotatable bonds is 2. The minimum Gasteiger partial charge on any atom is -0.340 e. The molecule has 2 heterocycles. The maximum absolute atomic E-state index is 13.1. The van der Waals surface area contributed by atoms with E-state index in [1.807, 2.05) is 0 Å². The fourth-order valence-corrected chi connectivity index (χ4v) is 2.18. The molecule has 1 aromatic heterocycles. The molecule has 1 aliphatic heterocycles. The van der Waals surface area contributed by atoms with E-state index in [1.54, 1.807) is 12.1 Å². The number of hydrogen-bond acceptors (Lipinski definition) is 4. The second kappa shape index (κ2) is 4.81. The third-order valence-electron chi connectivity index (χ3n) is 3.06. The van der Waals surface area contributed by atoms with Crippen LogP contribution in [0.2, 0.25) is 0 Å². The van der Waals surface area contributed by atoms with Crippen LogP contribution in [0.5, 0.6) is 0 Å². The molecule has 0 bridgehead atoms. The highest BCUT2D eigenvalue weighted by Gasteiger charge is 2.15. The predicted octanol–water partition coefficient (Wildman–Crippen LogP) is 1.30. The SMILES string of the molecule is O=c1nc(Nc2cccc(F)c2)c2c([nH]1)CCNC2. The van der Waals surface area contributed by atoms with Crippen molar-refractivity contribution >= 4 is 11.5 Å². The van der Waals surface area contributed by atoms with Gasteiger partial charge in [0.15, 0.2) is 0 Å². The van der Waals surface area contributed by atoms with Gasteiger partial charge < -0.3 is 15.6 Å². The van der Waals surface area contributed by atoms with Crippen molar-refractivity contribution in [2.45, 2.75) is 13.0 Å². The number of nitrogens with one attached hydrogen (secondary N) is 3. The van der Waals surface area contributed by atoms with Crippen LogP contribution in [-0.4, -0.2) is 16.5 Å². The molecule has 3 rings (SSSR count). The zero-order valence-corrected chi connectivity index (χ0v) is 10.2. The van der Waals surface area contributed by atoms with Crippen molar-refractivity contribution in [1.29, 1.82) is 0 Å². The summed E-state index contributed by atoms with van der Waals surface area (Å²) in [6.07, 6.45) is 0.755. The van der Waals surface area contributed by atoms with E-state index in [0.717, 1.165) is 24.2 Å². The van der Waals surface area contributed by atoms with Gasteiger partial charge in [0.2, 0.25) is 0 Å². The van der Waals surface area contributed by atoms with Crippen molar-refractivity contribution in [2.24, 2.45) is 0 Å². The number of aromatic amines is 1. The molecule has 0 saturated heterocycles. The summed E-state index contributed by atoms with van der Waals surface area (Å²) < 4.78 is 13.1. The Morgan fingerprint density at radius 2 is 2.26 bits per heavy atom. The second-order valence-electron chi connectivity index (χ2n) is 4.41. The largest absolute Gasteiger partial charge is 0.347 e. The van der Waals surface area contributed by atoms with Crippen LogP contribution in [0, 0.1) is 5.82 Å². The number of benzene rings is 1. The van der Waals surface area contributed by atoms with E-state index in [4.69, 9.17) is 0 Å². The minimum absolute atomic E-state index is 0.332. The van der Waals surface area contributed by atoms with Crippen LogP contribution in [0.4, 0.5) is 15.9 Å². The van der Waals surface area contributed by atoms with Gasteiger partial charge in [-0.3, -0.25) is 0 Å². The Morgan fingerprint density at radius 1 is 1.37 bits per heavy atom. The highest BCUT2D eigenvalue weighted by molar-refractivity contribution is 5.60. The van der Waals surface area contributed by atoms with E-state index >= 15 is 0 Å². The summed E-state index contributed by atoms with van der Waals surface area (Å²) in [7, 11) is 0. The lowest BCUT2D eigenvalue weighted by Crippen LogP contribution is -2.29.